The van der Waals surface area contributed by atoms with Gasteiger partial charge in [-0.3, -0.25) is 0 Å². The molecule has 0 aromatic carbocycles. The Hall–Kier alpha value is -2.19. The third kappa shape index (κ3) is 6.43. The van der Waals surface area contributed by atoms with E-state index in [2.05, 4.69) is 20.4 Å². The van der Waals surface area contributed by atoms with Crippen LogP contribution in [0.5, 0.6) is 0 Å². The van der Waals surface area contributed by atoms with E-state index in [1.807, 2.05) is 6.33 Å². The number of anilines is 2. The van der Waals surface area contributed by atoms with Crippen molar-refractivity contribution in [2.75, 3.05) is 23.7 Å². The van der Waals surface area contributed by atoms with Gasteiger partial charge in [-0.15, -0.1) is 24.8 Å². The van der Waals surface area contributed by atoms with Crippen LogP contribution < -0.4 is 16.4 Å². The van der Waals surface area contributed by atoms with Gasteiger partial charge in [0.15, 0.2) is 22.7 Å². The van der Waals surface area contributed by atoms with Crippen LogP contribution in [0, 0.1) is 13.8 Å². The maximum absolute atomic E-state index is 13.3. The van der Waals surface area contributed by atoms with Crippen LogP contribution in [-0.2, 0) is 10.0 Å². The maximum Gasteiger partial charge on any atom is 0.248 e. The lowest BCUT2D eigenvalue weighted by molar-refractivity contribution is 0.328. The minimum atomic E-state index is -3.66. The standard InChI is InChI=1S/C26H39N9O3S.2ClH/c1-16-23(17(2)38-33-16)39(36,37)34-13-11-20(12-14-34)29-24-22-25(35(15-28-22)21-5-3-4-6-21)32-26(31-24)30-19-9-7-18(27)8-10-19;;/h15,18-21H,3-14,27H2,1-2H3,(H2,29,30,31,32);2*1H/t18-,19-;;. The molecule has 2 aliphatic carbocycles. The molecular weight excluding hydrogens is 589 g/mol. The lowest BCUT2D eigenvalue weighted by Gasteiger charge is -2.32. The van der Waals surface area contributed by atoms with Crippen LogP contribution in [0.4, 0.5) is 11.8 Å². The molecule has 0 spiro atoms. The fraction of sp³-hybridized carbons (Fsp3) is 0.692. The Morgan fingerprint density at radius 2 is 1.59 bits per heavy atom. The van der Waals surface area contributed by atoms with Gasteiger partial charge in [0, 0.05) is 37.3 Å². The van der Waals surface area contributed by atoms with Gasteiger partial charge in [-0.1, -0.05) is 18.0 Å². The number of aromatic nitrogens is 5. The molecule has 0 unspecified atom stereocenters. The van der Waals surface area contributed by atoms with Crippen molar-refractivity contribution in [1.82, 2.24) is 29.0 Å². The van der Waals surface area contributed by atoms with Gasteiger partial charge in [-0.25, -0.2) is 13.4 Å². The summed E-state index contributed by atoms with van der Waals surface area (Å²) in [5.41, 5.74) is 8.14. The highest BCUT2D eigenvalue weighted by atomic mass is 35.5. The van der Waals surface area contributed by atoms with Crippen molar-refractivity contribution < 1.29 is 12.9 Å². The molecule has 1 aliphatic heterocycles. The van der Waals surface area contributed by atoms with E-state index < -0.39 is 10.0 Å². The van der Waals surface area contributed by atoms with Crippen LogP contribution in [0.15, 0.2) is 15.7 Å². The topological polar surface area (TPSA) is 157 Å². The number of piperidine rings is 1. The number of hydrogen-bond donors (Lipinski definition) is 3. The highest BCUT2D eigenvalue weighted by Gasteiger charge is 2.34. The molecule has 3 aromatic rings. The fourth-order valence-corrected chi connectivity index (χ4v) is 8.14. The number of imidazole rings is 1. The third-order valence-corrected chi connectivity index (χ3v) is 10.7. The van der Waals surface area contributed by atoms with Crippen LogP contribution in [0.2, 0.25) is 0 Å². The average molecular weight is 631 g/mol. The Balaban J connectivity index is 0.00000194. The van der Waals surface area contributed by atoms with Crippen molar-refractivity contribution in [1.29, 1.82) is 0 Å². The Labute approximate surface area is 253 Å². The van der Waals surface area contributed by atoms with Gasteiger partial charge in [0.25, 0.3) is 0 Å². The van der Waals surface area contributed by atoms with E-state index in [4.69, 9.17) is 25.2 Å². The maximum atomic E-state index is 13.3. The summed E-state index contributed by atoms with van der Waals surface area (Å²) in [6.45, 7) is 4.11. The van der Waals surface area contributed by atoms with Crippen molar-refractivity contribution in [2.45, 2.75) is 107 Å². The normalized spacial score (nSPS) is 22.8. The molecule has 0 bridgehead atoms. The summed E-state index contributed by atoms with van der Waals surface area (Å²) in [7, 11) is -3.66. The number of fused-ring (bicyclic) bond motifs is 1. The molecule has 41 heavy (non-hydrogen) atoms. The first kappa shape index (κ1) is 31.7. The van der Waals surface area contributed by atoms with Gasteiger partial charge < -0.3 is 25.5 Å². The van der Waals surface area contributed by atoms with Gasteiger partial charge in [0.05, 0.1) is 6.33 Å². The van der Waals surface area contributed by atoms with Crippen LogP contribution in [-0.4, -0.2) is 68.6 Å². The van der Waals surface area contributed by atoms with Crippen molar-refractivity contribution in [3.8, 4) is 0 Å². The zero-order chi connectivity index (χ0) is 27.1. The molecule has 0 atom stereocenters. The summed E-state index contributed by atoms with van der Waals surface area (Å²) >= 11 is 0. The lowest BCUT2D eigenvalue weighted by Crippen LogP contribution is -2.42. The summed E-state index contributed by atoms with van der Waals surface area (Å²) in [5.74, 6) is 1.65. The summed E-state index contributed by atoms with van der Waals surface area (Å²) < 4.78 is 35.4. The van der Waals surface area contributed by atoms with Gasteiger partial charge in [0.2, 0.25) is 16.0 Å². The molecule has 1 saturated heterocycles. The Kier molecular flexibility index (Phi) is 10.1. The molecule has 3 fully saturated rings. The van der Waals surface area contributed by atoms with E-state index in [-0.39, 0.29) is 41.8 Å². The number of hydrogen-bond acceptors (Lipinski definition) is 10. The van der Waals surface area contributed by atoms with Gasteiger partial charge >= 0.3 is 0 Å². The van der Waals surface area contributed by atoms with Crippen molar-refractivity contribution in [2.24, 2.45) is 5.73 Å². The predicted octanol–water partition coefficient (Wildman–Crippen LogP) is 4.34. The summed E-state index contributed by atoms with van der Waals surface area (Å²) in [5, 5.41) is 11.0. The average Bonchev–Trinajstić information content (AvgIpc) is 3.66. The second-order valence-electron chi connectivity index (χ2n) is 11.4. The smallest absolute Gasteiger partial charge is 0.248 e. The lowest BCUT2D eigenvalue weighted by atomic mass is 9.92. The SMILES string of the molecule is Cc1noc(C)c1S(=O)(=O)N1CCC(Nc2nc(N[C@H]3CC[C@H](N)CC3)nc3c2ncn3C2CCCC2)CC1.Cl.Cl. The first-order valence-corrected chi connectivity index (χ1v) is 15.7. The first-order chi connectivity index (χ1) is 18.8. The molecule has 228 valence electrons. The van der Waals surface area contributed by atoms with Crippen molar-refractivity contribution in [3.63, 3.8) is 0 Å². The third-order valence-electron chi connectivity index (χ3n) is 8.61. The largest absolute Gasteiger partial charge is 0.365 e. The number of sulfonamides is 1. The van der Waals surface area contributed by atoms with Gasteiger partial charge in [-0.05, 0) is 65.2 Å². The predicted molar refractivity (Wildman–Crippen MR) is 163 cm³/mol. The molecule has 4 heterocycles. The number of nitrogens with one attached hydrogen (secondary N) is 2. The van der Waals surface area contributed by atoms with Crippen molar-refractivity contribution >= 4 is 57.8 Å². The highest BCUT2D eigenvalue weighted by molar-refractivity contribution is 7.89. The molecule has 3 aliphatic rings. The van der Waals surface area contributed by atoms with Crippen LogP contribution in [0.3, 0.4) is 0 Å². The molecular formula is C26H41Cl2N9O3S. The minimum absolute atomic E-state index is 0. The molecule has 2 saturated carbocycles. The number of aryl methyl sites for hydroxylation is 2. The number of nitrogens with two attached hydrogens (primary N) is 1. The summed E-state index contributed by atoms with van der Waals surface area (Å²) in [4.78, 5) is 14.8. The molecule has 0 amide bonds. The molecule has 6 rings (SSSR count). The van der Waals surface area contributed by atoms with E-state index in [0.29, 0.717) is 61.2 Å². The second-order valence-corrected chi connectivity index (χ2v) is 13.3. The second kappa shape index (κ2) is 13.0. The zero-order valence-electron chi connectivity index (χ0n) is 23.6. The highest BCUT2D eigenvalue weighted by Crippen LogP contribution is 2.34. The molecule has 4 N–H and O–H groups in total. The molecule has 15 heteroatoms. The van der Waals surface area contributed by atoms with Gasteiger partial charge in [-0.2, -0.15) is 14.3 Å². The minimum Gasteiger partial charge on any atom is -0.365 e. The summed E-state index contributed by atoms with van der Waals surface area (Å²) in [6, 6.07) is 1.06. The van der Waals surface area contributed by atoms with Crippen molar-refractivity contribution in [3.05, 3.63) is 17.8 Å². The number of nitrogens with zero attached hydrogens (tertiary/aromatic N) is 6. The van der Waals surface area contributed by atoms with E-state index in [1.165, 1.54) is 17.1 Å². The quantitative estimate of drug-likeness (QED) is 0.343. The monoisotopic (exact) mass is 629 g/mol. The fourth-order valence-electron chi connectivity index (χ4n) is 6.38. The van der Waals surface area contributed by atoms with Crippen LogP contribution >= 0.6 is 24.8 Å². The number of halogens is 2. The molecule has 12 nitrogen and oxygen atoms in total. The van der Waals surface area contributed by atoms with E-state index in [0.717, 1.165) is 49.7 Å². The molecule has 0 radical (unpaired) electrons. The van der Waals surface area contributed by atoms with Crippen LogP contribution in [0.25, 0.3) is 11.2 Å². The van der Waals surface area contributed by atoms with E-state index in [9.17, 15) is 8.42 Å². The zero-order valence-corrected chi connectivity index (χ0v) is 26.0. The van der Waals surface area contributed by atoms with Gasteiger partial charge in [0.1, 0.15) is 10.6 Å². The van der Waals surface area contributed by atoms with E-state index >= 15 is 0 Å². The van der Waals surface area contributed by atoms with E-state index in [1.54, 1.807) is 13.8 Å². The molecule has 3 aromatic heterocycles. The summed E-state index contributed by atoms with van der Waals surface area (Å²) in [6.07, 6.45) is 12.0. The van der Waals surface area contributed by atoms with Crippen LogP contribution in [0.1, 0.15) is 81.7 Å². The Morgan fingerprint density at radius 1 is 0.927 bits per heavy atom. The Morgan fingerprint density at radius 3 is 2.22 bits per heavy atom. The number of rotatable bonds is 7. The first-order valence-electron chi connectivity index (χ1n) is 14.3. The Bertz CT molecular complexity index is 1410.